The van der Waals surface area contributed by atoms with E-state index in [0.717, 1.165) is 24.8 Å². The standard InChI is InChI=1S/C24H31N5O7S/c1-2-3-4-17-5-7-18(8-6-17)16-36-23(32)15-27-21(30)13-26-22(31)14-28-29-24(33)19-9-11-20(12-10-19)37(25,34)35/h5-12,28H,2-4,13-16H2,1H3,(H,26,31)(H,27,30)(H,29,33)(H2,25,34,35). The van der Waals surface area contributed by atoms with Crippen molar-refractivity contribution in [3.63, 3.8) is 0 Å². The first-order valence-corrected chi connectivity index (χ1v) is 13.1. The van der Waals surface area contributed by atoms with E-state index in [2.05, 4.69) is 28.4 Å². The summed E-state index contributed by atoms with van der Waals surface area (Å²) in [4.78, 5) is 47.4. The van der Waals surface area contributed by atoms with Crippen LogP contribution in [0.5, 0.6) is 0 Å². The van der Waals surface area contributed by atoms with Gasteiger partial charge < -0.3 is 15.4 Å². The molecule has 0 aliphatic carbocycles. The van der Waals surface area contributed by atoms with Gasteiger partial charge in [0.2, 0.25) is 21.8 Å². The molecule has 0 aliphatic heterocycles. The number of hydrogen-bond acceptors (Lipinski definition) is 8. The summed E-state index contributed by atoms with van der Waals surface area (Å²) in [5, 5.41) is 9.67. The highest BCUT2D eigenvalue weighted by Crippen LogP contribution is 2.09. The summed E-state index contributed by atoms with van der Waals surface area (Å²) in [5.41, 5.74) is 6.85. The third-order valence-electron chi connectivity index (χ3n) is 5.01. The molecule has 3 amide bonds. The third-order valence-corrected chi connectivity index (χ3v) is 5.94. The summed E-state index contributed by atoms with van der Waals surface area (Å²) < 4.78 is 27.6. The quantitative estimate of drug-likeness (QED) is 0.164. The molecule has 0 heterocycles. The molecule has 0 aromatic heterocycles. The van der Waals surface area contributed by atoms with E-state index in [1.165, 1.54) is 29.8 Å². The van der Waals surface area contributed by atoms with Crippen LogP contribution in [0.2, 0.25) is 0 Å². The van der Waals surface area contributed by atoms with Gasteiger partial charge >= 0.3 is 5.97 Å². The van der Waals surface area contributed by atoms with Gasteiger partial charge in [0.25, 0.3) is 5.91 Å². The van der Waals surface area contributed by atoms with E-state index < -0.39 is 33.7 Å². The van der Waals surface area contributed by atoms with Gasteiger partial charge in [0.15, 0.2) is 0 Å². The van der Waals surface area contributed by atoms with Crippen molar-refractivity contribution in [3.05, 3.63) is 65.2 Å². The van der Waals surface area contributed by atoms with Crippen molar-refractivity contribution in [2.45, 2.75) is 37.7 Å². The van der Waals surface area contributed by atoms with Crippen LogP contribution in [0.1, 0.15) is 41.3 Å². The number of amides is 3. The Morgan fingerprint density at radius 1 is 0.838 bits per heavy atom. The van der Waals surface area contributed by atoms with Gasteiger partial charge in [-0.15, -0.1) is 0 Å². The molecule has 0 fully saturated rings. The van der Waals surface area contributed by atoms with Crippen LogP contribution in [-0.4, -0.2) is 51.7 Å². The van der Waals surface area contributed by atoms with Gasteiger partial charge in [-0.25, -0.2) is 19.0 Å². The van der Waals surface area contributed by atoms with Crippen LogP contribution < -0.4 is 26.6 Å². The molecular formula is C24H31N5O7S. The normalized spacial score (nSPS) is 10.9. The number of esters is 1. The first-order valence-electron chi connectivity index (χ1n) is 11.5. The van der Waals surface area contributed by atoms with Gasteiger partial charge in [-0.1, -0.05) is 37.6 Å². The lowest BCUT2D eigenvalue weighted by molar-refractivity contribution is -0.145. The number of rotatable bonds is 14. The van der Waals surface area contributed by atoms with E-state index in [0.29, 0.717) is 0 Å². The van der Waals surface area contributed by atoms with Gasteiger partial charge in [0.1, 0.15) is 13.2 Å². The number of unbranched alkanes of at least 4 members (excludes halogenated alkanes) is 1. The van der Waals surface area contributed by atoms with E-state index in [-0.39, 0.29) is 36.7 Å². The summed E-state index contributed by atoms with van der Waals surface area (Å²) in [6, 6.07) is 12.7. The van der Waals surface area contributed by atoms with Crippen LogP contribution in [0.15, 0.2) is 53.4 Å². The molecule has 6 N–H and O–H groups in total. The van der Waals surface area contributed by atoms with Crippen molar-refractivity contribution < 1.29 is 32.3 Å². The predicted octanol–water partition coefficient (Wildman–Crippen LogP) is -0.113. The number of carbonyl (C=O) groups is 4. The van der Waals surface area contributed by atoms with Crippen LogP contribution >= 0.6 is 0 Å². The lowest BCUT2D eigenvalue weighted by atomic mass is 10.1. The number of nitrogens with two attached hydrogens (primary N) is 1. The molecule has 0 saturated heterocycles. The van der Waals surface area contributed by atoms with E-state index in [4.69, 9.17) is 9.88 Å². The molecule has 0 unspecified atom stereocenters. The number of sulfonamides is 1. The fraction of sp³-hybridized carbons (Fsp3) is 0.333. The molecule has 2 rings (SSSR count). The number of ether oxygens (including phenoxy) is 1. The monoisotopic (exact) mass is 533 g/mol. The minimum Gasteiger partial charge on any atom is -0.460 e. The van der Waals surface area contributed by atoms with Gasteiger partial charge in [0, 0.05) is 5.56 Å². The average molecular weight is 534 g/mol. The van der Waals surface area contributed by atoms with E-state index in [9.17, 15) is 27.6 Å². The van der Waals surface area contributed by atoms with Crippen molar-refractivity contribution >= 4 is 33.7 Å². The molecule has 2 aromatic carbocycles. The number of aryl methyl sites for hydroxylation is 1. The Balaban J connectivity index is 1.59. The van der Waals surface area contributed by atoms with Gasteiger partial charge in [-0.3, -0.25) is 24.6 Å². The summed E-state index contributed by atoms with van der Waals surface area (Å²) >= 11 is 0. The Labute approximate surface area is 215 Å². The zero-order chi connectivity index (χ0) is 27.3. The number of carbonyl (C=O) groups excluding carboxylic acids is 4. The maximum Gasteiger partial charge on any atom is 0.325 e. The highest BCUT2D eigenvalue weighted by molar-refractivity contribution is 7.89. The second-order valence-corrected chi connectivity index (χ2v) is 9.57. The van der Waals surface area contributed by atoms with E-state index >= 15 is 0 Å². The largest absolute Gasteiger partial charge is 0.460 e. The number of hydrogen-bond donors (Lipinski definition) is 5. The minimum absolute atomic E-state index is 0.0904. The van der Waals surface area contributed by atoms with Gasteiger partial charge in [-0.05, 0) is 48.2 Å². The molecule has 2 aromatic rings. The van der Waals surface area contributed by atoms with Crippen molar-refractivity contribution in [1.82, 2.24) is 21.5 Å². The Kier molecular flexibility index (Phi) is 11.7. The van der Waals surface area contributed by atoms with Crippen LogP contribution in [0.3, 0.4) is 0 Å². The maximum atomic E-state index is 12.0. The second-order valence-electron chi connectivity index (χ2n) is 8.01. The SMILES string of the molecule is CCCCc1ccc(COC(=O)CNC(=O)CNC(=O)CNNC(=O)c2ccc(S(N)(=O)=O)cc2)cc1. The Hall–Kier alpha value is -3.81. The summed E-state index contributed by atoms with van der Waals surface area (Å²) in [6.07, 6.45) is 3.24. The molecule has 0 bridgehead atoms. The van der Waals surface area contributed by atoms with Crippen LogP contribution in [0.25, 0.3) is 0 Å². The maximum absolute atomic E-state index is 12.0. The highest BCUT2D eigenvalue weighted by atomic mass is 32.2. The molecule has 200 valence electrons. The fourth-order valence-corrected chi connectivity index (χ4v) is 3.46. The third kappa shape index (κ3) is 11.2. The Morgan fingerprint density at radius 3 is 2.05 bits per heavy atom. The smallest absolute Gasteiger partial charge is 0.325 e. The predicted molar refractivity (Wildman–Crippen MR) is 134 cm³/mol. The van der Waals surface area contributed by atoms with Crippen LogP contribution in [0.4, 0.5) is 0 Å². The average Bonchev–Trinajstić information content (AvgIpc) is 2.88. The molecular weight excluding hydrogens is 502 g/mol. The first-order chi connectivity index (χ1) is 17.6. The van der Waals surface area contributed by atoms with E-state index in [1.54, 1.807) is 0 Å². The molecule has 12 nitrogen and oxygen atoms in total. The van der Waals surface area contributed by atoms with Crippen LogP contribution in [0, 0.1) is 0 Å². The Morgan fingerprint density at radius 2 is 1.43 bits per heavy atom. The summed E-state index contributed by atoms with van der Waals surface area (Å²) in [6.45, 7) is 1.16. The molecule has 0 aliphatic rings. The topological polar surface area (TPSA) is 186 Å². The fourth-order valence-electron chi connectivity index (χ4n) is 2.95. The number of hydrazine groups is 1. The minimum atomic E-state index is -3.87. The molecule has 0 spiro atoms. The van der Waals surface area contributed by atoms with Gasteiger partial charge in [0.05, 0.1) is 18.0 Å². The van der Waals surface area contributed by atoms with Crippen molar-refractivity contribution in [2.24, 2.45) is 5.14 Å². The molecule has 37 heavy (non-hydrogen) atoms. The molecule has 0 saturated carbocycles. The molecule has 13 heteroatoms. The zero-order valence-corrected chi connectivity index (χ0v) is 21.2. The van der Waals surface area contributed by atoms with Crippen LogP contribution in [-0.2, 0) is 42.2 Å². The second kappa shape index (κ2) is 14.7. The van der Waals surface area contributed by atoms with Crippen molar-refractivity contribution in [1.29, 1.82) is 0 Å². The van der Waals surface area contributed by atoms with Gasteiger partial charge in [-0.2, -0.15) is 0 Å². The zero-order valence-electron chi connectivity index (χ0n) is 20.4. The highest BCUT2D eigenvalue weighted by Gasteiger charge is 2.12. The molecule has 0 atom stereocenters. The lowest BCUT2D eigenvalue weighted by Gasteiger charge is -2.09. The Bertz CT molecular complexity index is 1180. The first kappa shape index (κ1) is 29.4. The number of primary sulfonamides is 1. The molecule has 0 radical (unpaired) electrons. The lowest BCUT2D eigenvalue weighted by Crippen LogP contribution is -2.46. The van der Waals surface area contributed by atoms with E-state index in [1.807, 2.05) is 24.3 Å². The van der Waals surface area contributed by atoms with Crippen molar-refractivity contribution in [2.75, 3.05) is 19.6 Å². The number of benzene rings is 2. The van der Waals surface area contributed by atoms with Crippen molar-refractivity contribution in [3.8, 4) is 0 Å². The number of nitrogens with one attached hydrogen (secondary N) is 4. The summed E-state index contributed by atoms with van der Waals surface area (Å²) in [5.74, 6) is -2.41. The summed E-state index contributed by atoms with van der Waals surface area (Å²) in [7, 11) is -3.87.